The van der Waals surface area contributed by atoms with Crippen LogP contribution in [0.15, 0.2) is 78.9 Å². The van der Waals surface area contributed by atoms with Crippen molar-refractivity contribution in [3.8, 4) is 0 Å². The Morgan fingerprint density at radius 2 is 1.63 bits per heavy atom. The van der Waals surface area contributed by atoms with Crippen LogP contribution in [-0.2, 0) is 11.4 Å². The van der Waals surface area contributed by atoms with Gasteiger partial charge in [0.05, 0.1) is 24.6 Å². The first-order chi connectivity index (χ1) is 18.6. The molecule has 3 aromatic carbocycles. The first-order valence-electron chi connectivity index (χ1n) is 13.9. The largest absolute Gasteiger partial charge is 0.392 e. The molecule has 1 saturated carbocycles. The van der Waals surface area contributed by atoms with Crippen LogP contribution in [0.4, 0.5) is 5.69 Å². The molecule has 1 unspecified atom stereocenters. The molecule has 5 atom stereocenters. The number of hydrogen-bond donors (Lipinski definition) is 3. The van der Waals surface area contributed by atoms with Crippen molar-refractivity contribution in [3.05, 3.63) is 101 Å². The second-order valence-electron chi connectivity index (χ2n) is 10.9. The molecule has 1 aliphatic carbocycles. The SMILES string of the molecule is O=C(NC1CCCC[C@@H]1C(=O)N1CC[C@@H]2[C@H](c3ccccc3)Nc3ccccc3[C@@H]21)c1ccc(CO)cc1. The lowest BCUT2D eigenvalue weighted by atomic mass is 9.79. The van der Waals surface area contributed by atoms with Crippen molar-refractivity contribution in [3.63, 3.8) is 0 Å². The maximum absolute atomic E-state index is 14.2. The van der Waals surface area contributed by atoms with Crippen molar-refractivity contribution in [1.82, 2.24) is 10.2 Å². The van der Waals surface area contributed by atoms with Gasteiger partial charge >= 0.3 is 0 Å². The van der Waals surface area contributed by atoms with Crippen LogP contribution in [0, 0.1) is 11.8 Å². The first-order valence-corrected chi connectivity index (χ1v) is 13.9. The molecule has 2 aliphatic heterocycles. The molecule has 0 aromatic heterocycles. The molecule has 2 heterocycles. The van der Waals surface area contributed by atoms with Crippen molar-refractivity contribution < 1.29 is 14.7 Å². The lowest BCUT2D eigenvalue weighted by molar-refractivity contribution is -0.138. The summed E-state index contributed by atoms with van der Waals surface area (Å²) in [6.45, 7) is 0.677. The van der Waals surface area contributed by atoms with E-state index in [4.69, 9.17) is 0 Å². The second kappa shape index (κ2) is 10.6. The minimum atomic E-state index is -0.222. The summed E-state index contributed by atoms with van der Waals surface area (Å²) < 4.78 is 0. The maximum Gasteiger partial charge on any atom is 0.251 e. The van der Waals surface area contributed by atoms with Gasteiger partial charge in [0, 0.05) is 29.8 Å². The van der Waals surface area contributed by atoms with E-state index in [1.54, 1.807) is 24.3 Å². The third-order valence-electron chi connectivity index (χ3n) is 8.70. The van der Waals surface area contributed by atoms with Crippen LogP contribution < -0.4 is 10.6 Å². The summed E-state index contributed by atoms with van der Waals surface area (Å²) in [6.07, 6.45) is 4.55. The summed E-state index contributed by atoms with van der Waals surface area (Å²) in [6, 6.07) is 25.9. The van der Waals surface area contributed by atoms with Gasteiger partial charge in [-0.05, 0) is 54.2 Å². The number of aliphatic hydroxyl groups is 1. The van der Waals surface area contributed by atoms with E-state index >= 15 is 0 Å². The lowest BCUT2D eigenvalue weighted by Gasteiger charge is -2.42. The van der Waals surface area contributed by atoms with E-state index in [-0.39, 0.29) is 48.4 Å². The van der Waals surface area contributed by atoms with Gasteiger partial charge in [-0.3, -0.25) is 9.59 Å². The fourth-order valence-electron chi connectivity index (χ4n) is 6.79. The van der Waals surface area contributed by atoms with Gasteiger partial charge in [-0.15, -0.1) is 0 Å². The normalized spacial score (nSPS) is 26.1. The van der Waals surface area contributed by atoms with E-state index in [9.17, 15) is 14.7 Å². The molecule has 0 bridgehead atoms. The Hall–Kier alpha value is -3.64. The molecular formula is C32H35N3O3. The monoisotopic (exact) mass is 509 g/mol. The van der Waals surface area contributed by atoms with Crippen LogP contribution in [-0.4, -0.2) is 34.4 Å². The van der Waals surface area contributed by atoms with Crippen LogP contribution in [0.5, 0.6) is 0 Å². The molecular weight excluding hydrogens is 474 g/mol. The summed E-state index contributed by atoms with van der Waals surface area (Å²) in [5, 5.41) is 16.3. The van der Waals surface area contributed by atoms with E-state index in [1.165, 1.54) is 11.1 Å². The minimum absolute atomic E-state index is 0.0226. The van der Waals surface area contributed by atoms with Crippen LogP contribution in [0.1, 0.15) is 71.2 Å². The number of carbonyl (C=O) groups is 2. The van der Waals surface area contributed by atoms with Crippen molar-refractivity contribution in [1.29, 1.82) is 0 Å². The molecule has 6 heteroatoms. The van der Waals surface area contributed by atoms with Crippen molar-refractivity contribution in [2.24, 2.45) is 11.8 Å². The number of aliphatic hydroxyl groups excluding tert-OH is 1. The van der Waals surface area contributed by atoms with Crippen LogP contribution in [0.3, 0.4) is 0 Å². The molecule has 3 aromatic rings. The van der Waals surface area contributed by atoms with Crippen molar-refractivity contribution in [2.75, 3.05) is 11.9 Å². The molecule has 6 rings (SSSR count). The van der Waals surface area contributed by atoms with Gasteiger partial charge in [-0.1, -0.05) is 73.5 Å². The Balaban J connectivity index is 1.25. The standard InChI is InChI=1S/C32H35N3O3/c36-20-21-14-16-23(17-15-21)31(37)34-28-13-7-5-11-25(28)32(38)35-19-18-26-29(22-8-2-1-3-9-22)33-27-12-6-4-10-24(27)30(26)35/h1-4,6,8-10,12,14-17,25-26,28-30,33,36H,5,7,11,13,18-20H2,(H,34,37)/t25-,26+,28?,29-,30-/m0/s1. The number of likely N-dealkylation sites (tertiary alicyclic amines) is 1. The average Bonchev–Trinajstić information content (AvgIpc) is 3.43. The Labute approximate surface area is 224 Å². The minimum Gasteiger partial charge on any atom is -0.392 e. The van der Waals surface area contributed by atoms with Crippen LogP contribution in [0.2, 0.25) is 0 Å². The van der Waals surface area contributed by atoms with Crippen LogP contribution >= 0.6 is 0 Å². The number of nitrogens with one attached hydrogen (secondary N) is 2. The molecule has 196 valence electrons. The lowest BCUT2D eigenvalue weighted by Crippen LogP contribution is -2.50. The summed E-state index contributed by atoms with van der Waals surface area (Å²) in [4.78, 5) is 29.4. The number of carbonyl (C=O) groups excluding carboxylic acids is 2. The highest BCUT2D eigenvalue weighted by Gasteiger charge is 2.48. The number of para-hydroxylation sites is 1. The van der Waals surface area contributed by atoms with E-state index < -0.39 is 0 Å². The molecule has 0 radical (unpaired) electrons. The topological polar surface area (TPSA) is 81.7 Å². The zero-order chi connectivity index (χ0) is 26.1. The number of nitrogens with zero attached hydrogens (tertiary/aromatic N) is 1. The second-order valence-corrected chi connectivity index (χ2v) is 10.9. The highest BCUT2D eigenvalue weighted by atomic mass is 16.3. The quantitative estimate of drug-likeness (QED) is 0.440. The molecule has 0 spiro atoms. The van der Waals surface area contributed by atoms with Gasteiger partial charge < -0.3 is 20.6 Å². The number of amides is 2. The van der Waals surface area contributed by atoms with Gasteiger partial charge in [-0.25, -0.2) is 0 Å². The summed E-state index contributed by atoms with van der Waals surface area (Å²) in [5.74, 6) is 0.0785. The average molecular weight is 510 g/mol. The number of anilines is 1. The van der Waals surface area contributed by atoms with E-state index in [1.807, 2.05) is 6.07 Å². The Morgan fingerprint density at radius 3 is 2.42 bits per heavy atom. The Morgan fingerprint density at radius 1 is 0.895 bits per heavy atom. The summed E-state index contributed by atoms with van der Waals surface area (Å²) in [7, 11) is 0. The predicted molar refractivity (Wildman–Crippen MR) is 147 cm³/mol. The zero-order valence-corrected chi connectivity index (χ0v) is 21.6. The fraction of sp³-hybridized carbons (Fsp3) is 0.375. The number of hydrogen-bond acceptors (Lipinski definition) is 4. The third-order valence-corrected chi connectivity index (χ3v) is 8.70. The predicted octanol–water partition coefficient (Wildman–Crippen LogP) is 5.22. The van der Waals surface area contributed by atoms with Gasteiger partial charge in [0.2, 0.25) is 5.91 Å². The Kier molecular flexibility index (Phi) is 6.90. The molecule has 3 N–H and O–H groups in total. The van der Waals surface area contributed by atoms with E-state index in [2.05, 4.69) is 64.1 Å². The van der Waals surface area contributed by atoms with Gasteiger partial charge in [-0.2, -0.15) is 0 Å². The fourth-order valence-corrected chi connectivity index (χ4v) is 6.79. The highest BCUT2D eigenvalue weighted by molar-refractivity contribution is 5.95. The molecule has 2 fully saturated rings. The third kappa shape index (κ3) is 4.58. The smallest absolute Gasteiger partial charge is 0.251 e. The summed E-state index contributed by atoms with van der Waals surface area (Å²) >= 11 is 0. The van der Waals surface area contributed by atoms with Gasteiger partial charge in [0.25, 0.3) is 5.91 Å². The number of fused-ring (bicyclic) bond motifs is 3. The number of benzene rings is 3. The number of rotatable bonds is 5. The van der Waals surface area contributed by atoms with Crippen molar-refractivity contribution in [2.45, 2.75) is 56.8 Å². The molecule has 3 aliphatic rings. The Bertz CT molecular complexity index is 1290. The van der Waals surface area contributed by atoms with Gasteiger partial charge in [0.1, 0.15) is 0 Å². The molecule has 6 nitrogen and oxygen atoms in total. The summed E-state index contributed by atoms with van der Waals surface area (Å²) in [5.41, 5.74) is 4.87. The molecule has 38 heavy (non-hydrogen) atoms. The molecule has 1 saturated heterocycles. The zero-order valence-electron chi connectivity index (χ0n) is 21.6. The van der Waals surface area contributed by atoms with Gasteiger partial charge in [0.15, 0.2) is 0 Å². The van der Waals surface area contributed by atoms with E-state index in [0.717, 1.165) is 49.9 Å². The first kappa shape index (κ1) is 24.7. The maximum atomic E-state index is 14.2. The van der Waals surface area contributed by atoms with E-state index in [0.29, 0.717) is 5.56 Å². The van der Waals surface area contributed by atoms with Crippen LogP contribution in [0.25, 0.3) is 0 Å². The molecule has 2 amide bonds. The highest BCUT2D eigenvalue weighted by Crippen LogP contribution is 2.51. The van der Waals surface area contributed by atoms with Crippen molar-refractivity contribution >= 4 is 17.5 Å².